The van der Waals surface area contributed by atoms with E-state index in [9.17, 15) is 8.42 Å². The minimum atomic E-state index is -3.76. The fraction of sp³-hybridized carbons (Fsp3) is 0.308. The molecule has 0 amide bonds. The lowest BCUT2D eigenvalue weighted by Gasteiger charge is -2.21. The molecule has 8 heteroatoms. The second-order valence-electron chi connectivity index (χ2n) is 4.43. The minimum Gasteiger partial charge on any atom is -0.255 e. The van der Waals surface area contributed by atoms with Crippen molar-refractivity contribution in [3.63, 3.8) is 0 Å². The van der Waals surface area contributed by atoms with Crippen LogP contribution in [0.15, 0.2) is 41.6 Å². The van der Waals surface area contributed by atoms with Crippen LogP contribution in [-0.4, -0.2) is 34.9 Å². The Kier molecular flexibility index (Phi) is 5.27. The van der Waals surface area contributed by atoms with Gasteiger partial charge in [0.1, 0.15) is 0 Å². The Bertz CT molecular complexity index is 682. The van der Waals surface area contributed by atoms with Crippen molar-refractivity contribution in [2.45, 2.75) is 11.6 Å². The topological polar surface area (TPSA) is 55.2 Å². The Morgan fingerprint density at radius 3 is 2.48 bits per heavy atom. The van der Waals surface area contributed by atoms with Crippen molar-refractivity contribution in [2.24, 2.45) is 7.05 Å². The van der Waals surface area contributed by atoms with Crippen molar-refractivity contribution in [2.75, 3.05) is 12.4 Å². The van der Waals surface area contributed by atoms with E-state index in [0.29, 0.717) is 0 Å². The van der Waals surface area contributed by atoms with Crippen LogP contribution in [0.4, 0.5) is 0 Å². The molecule has 0 bridgehead atoms. The van der Waals surface area contributed by atoms with Gasteiger partial charge in [-0.05, 0) is 5.56 Å². The molecule has 0 radical (unpaired) electrons. The predicted octanol–water partition coefficient (Wildman–Crippen LogP) is 2.50. The van der Waals surface area contributed by atoms with Gasteiger partial charge < -0.3 is 0 Å². The first-order valence-corrected chi connectivity index (χ1v) is 8.59. The summed E-state index contributed by atoms with van der Waals surface area (Å²) in [5, 5.41) is 3.96. The molecule has 1 aromatic heterocycles. The molecule has 2 aromatic rings. The monoisotopic (exact) mass is 347 g/mol. The smallest absolute Gasteiger partial charge is 0.255 e. The summed E-state index contributed by atoms with van der Waals surface area (Å²) in [6.45, 7) is 0.428. The maximum Gasteiger partial charge on any atom is 0.262 e. The van der Waals surface area contributed by atoms with E-state index in [1.165, 1.54) is 15.2 Å². The quantitative estimate of drug-likeness (QED) is 0.754. The molecule has 0 saturated carbocycles. The summed E-state index contributed by atoms with van der Waals surface area (Å²) in [5.41, 5.74) is 0.879. The van der Waals surface area contributed by atoms with Crippen molar-refractivity contribution in [3.05, 3.63) is 47.1 Å². The first-order chi connectivity index (χ1) is 9.96. The van der Waals surface area contributed by atoms with E-state index < -0.39 is 10.0 Å². The van der Waals surface area contributed by atoms with Gasteiger partial charge in [-0.3, -0.25) is 4.68 Å². The van der Waals surface area contributed by atoms with E-state index in [2.05, 4.69) is 5.10 Å². The molecule has 0 aliphatic carbocycles. The number of halogens is 2. The average molecular weight is 348 g/mol. The molecule has 0 unspecified atom stereocenters. The highest BCUT2D eigenvalue weighted by Gasteiger charge is 2.29. The summed E-state index contributed by atoms with van der Waals surface area (Å²) in [4.78, 5) is 0. The van der Waals surface area contributed by atoms with Crippen molar-refractivity contribution in [3.8, 4) is 0 Å². The van der Waals surface area contributed by atoms with E-state index in [0.717, 1.165) is 5.56 Å². The third kappa shape index (κ3) is 3.58. The largest absolute Gasteiger partial charge is 0.262 e. The molecule has 0 saturated heterocycles. The van der Waals surface area contributed by atoms with Crippen LogP contribution in [-0.2, 0) is 23.6 Å². The third-order valence-corrected chi connectivity index (χ3v) is 5.48. The highest BCUT2D eigenvalue weighted by Crippen LogP contribution is 2.24. The highest BCUT2D eigenvalue weighted by molar-refractivity contribution is 7.89. The van der Waals surface area contributed by atoms with Crippen LogP contribution in [0.25, 0.3) is 0 Å². The van der Waals surface area contributed by atoms with Crippen molar-refractivity contribution < 1.29 is 8.42 Å². The molecule has 2 rings (SSSR count). The van der Waals surface area contributed by atoms with Crippen LogP contribution < -0.4 is 0 Å². The van der Waals surface area contributed by atoms with Gasteiger partial charge in [-0.2, -0.15) is 9.40 Å². The lowest BCUT2D eigenvalue weighted by atomic mass is 10.2. The van der Waals surface area contributed by atoms with Gasteiger partial charge in [0.05, 0.1) is 11.2 Å². The molecule has 0 aliphatic heterocycles. The molecular formula is C13H15Cl2N3O2S. The van der Waals surface area contributed by atoms with Gasteiger partial charge in [0.25, 0.3) is 10.0 Å². The molecule has 0 fully saturated rings. The van der Waals surface area contributed by atoms with Gasteiger partial charge in [0.2, 0.25) is 0 Å². The number of sulfonamides is 1. The van der Waals surface area contributed by atoms with Gasteiger partial charge in [0, 0.05) is 26.0 Å². The Balaban J connectivity index is 2.37. The zero-order valence-corrected chi connectivity index (χ0v) is 13.7. The lowest BCUT2D eigenvalue weighted by Crippen LogP contribution is -2.33. The number of aromatic nitrogens is 2. The standard InChI is InChI=1S/C13H15Cl2N3O2S/c1-17-13(12(15)9-16-17)21(19,20)18(8-7-14)10-11-5-3-2-4-6-11/h2-6,9H,7-8,10H2,1H3. The van der Waals surface area contributed by atoms with E-state index in [1.54, 1.807) is 7.05 Å². The molecule has 114 valence electrons. The maximum atomic E-state index is 12.8. The number of nitrogens with zero attached hydrogens (tertiary/aromatic N) is 3. The number of aryl methyl sites for hydroxylation is 1. The average Bonchev–Trinajstić information content (AvgIpc) is 2.79. The van der Waals surface area contributed by atoms with Gasteiger partial charge in [-0.1, -0.05) is 41.9 Å². The number of hydrogen-bond donors (Lipinski definition) is 0. The SMILES string of the molecule is Cn1ncc(Cl)c1S(=O)(=O)N(CCCl)Cc1ccccc1. The second kappa shape index (κ2) is 6.79. The van der Waals surface area contributed by atoms with Gasteiger partial charge in [0.15, 0.2) is 5.03 Å². The van der Waals surface area contributed by atoms with Gasteiger partial charge in [-0.15, -0.1) is 11.6 Å². The van der Waals surface area contributed by atoms with E-state index >= 15 is 0 Å². The normalized spacial score (nSPS) is 12.0. The molecule has 0 atom stereocenters. The Morgan fingerprint density at radius 1 is 1.29 bits per heavy atom. The second-order valence-corrected chi connectivity index (χ2v) is 7.07. The van der Waals surface area contributed by atoms with Gasteiger partial charge in [-0.25, -0.2) is 8.42 Å². The van der Waals surface area contributed by atoms with E-state index in [4.69, 9.17) is 23.2 Å². The zero-order valence-electron chi connectivity index (χ0n) is 11.4. The molecule has 21 heavy (non-hydrogen) atoms. The molecule has 0 spiro atoms. The van der Waals surface area contributed by atoms with Crippen molar-refractivity contribution >= 4 is 33.2 Å². The summed E-state index contributed by atoms with van der Waals surface area (Å²) in [6, 6.07) is 9.32. The molecule has 1 heterocycles. The Hall–Kier alpha value is -1.08. The van der Waals surface area contributed by atoms with Crippen LogP contribution in [0.3, 0.4) is 0 Å². The van der Waals surface area contributed by atoms with Crippen molar-refractivity contribution in [1.29, 1.82) is 0 Å². The van der Waals surface area contributed by atoms with Crippen molar-refractivity contribution in [1.82, 2.24) is 14.1 Å². The summed E-state index contributed by atoms with van der Waals surface area (Å²) in [6.07, 6.45) is 1.32. The lowest BCUT2D eigenvalue weighted by molar-refractivity contribution is 0.418. The van der Waals surface area contributed by atoms with Crippen LogP contribution in [0.1, 0.15) is 5.56 Å². The molecular weight excluding hydrogens is 333 g/mol. The number of alkyl halides is 1. The fourth-order valence-electron chi connectivity index (χ4n) is 1.98. The van der Waals surface area contributed by atoms with E-state index in [1.807, 2.05) is 30.3 Å². The summed E-state index contributed by atoms with van der Waals surface area (Å²) >= 11 is 11.7. The summed E-state index contributed by atoms with van der Waals surface area (Å²) < 4.78 is 28.1. The Labute approximate surface area is 134 Å². The van der Waals surface area contributed by atoms with Crippen LogP contribution in [0, 0.1) is 0 Å². The number of benzene rings is 1. The first kappa shape index (κ1) is 16.3. The molecule has 5 nitrogen and oxygen atoms in total. The summed E-state index contributed by atoms with van der Waals surface area (Å²) in [5.74, 6) is 0.196. The zero-order chi connectivity index (χ0) is 15.5. The van der Waals surface area contributed by atoms with E-state index in [-0.39, 0.29) is 29.0 Å². The highest BCUT2D eigenvalue weighted by atomic mass is 35.5. The Morgan fingerprint density at radius 2 is 1.95 bits per heavy atom. The first-order valence-electron chi connectivity index (χ1n) is 6.24. The minimum absolute atomic E-state index is 0.0229. The van der Waals surface area contributed by atoms with Crippen LogP contribution >= 0.6 is 23.2 Å². The van der Waals surface area contributed by atoms with Crippen LogP contribution in [0.2, 0.25) is 5.02 Å². The molecule has 0 N–H and O–H groups in total. The van der Waals surface area contributed by atoms with Crippen LogP contribution in [0.5, 0.6) is 0 Å². The maximum absolute atomic E-state index is 12.8. The summed E-state index contributed by atoms with van der Waals surface area (Å²) in [7, 11) is -2.22. The fourth-order valence-corrected chi connectivity index (χ4v) is 4.32. The number of rotatable bonds is 6. The molecule has 0 aliphatic rings. The van der Waals surface area contributed by atoms with Gasteiger partial charge >= 0.3 is 0 Å². The molecule has 1 aromatic carbocycles. The predicted molar refractivity (Wildman–Crippen MR) is 83.0 cm³/mol. The number of hydrogen-bond acceptors (Lipinski definition) is 3. The third-order valence-electron chi connectivity index (χ3n) is 2.96.